The normalized spacial score (nSPS) is 20.7. The van der Waals surface area contributed by atoms with E-state index in [1.165, 1.54) is 23.3 Å². The summed E-state index contributed by atoms with van der Waals surface area (Å²) < 4.78 is 53.2. The number of carbonyl (C=O) groups excluding carboxylic acids is 1. The second-order valence-electron chi connectivity index (χ2n) is 17.3. The van der Waals surface area contributed by atoms with Gasteiger partial charge in [-0.15, -0.1) is 0 Å². The number of methoxy groups -OCH3 is 1. The van der Waals surface area contributed by atoms with Crippen LogP contribution >= 0.6 is 11.6 Å². The lowest BCUT2D eigenvalue weighted by Crippen LogP contribution is -2.47. The molecular weight excluding hydrogens is 888 g/mol. The largest absolute Gasteiger partial charge is 0.476 e. The number of aromatic amines is 1. The molecule has 9 rings (SSSR count). The van der Waals surface area contributed by atoms with Crippen LogP contribution in [0.1, 0.15) is 48.5 Å². The molecule has 4 aliphatic rings. The fraction of sp³-hybridized carbons (Fsp3) is 0.404. The van der Waals surface area contributed by atoms with Crippen molar-refractivity contribution in [3.63, 3.8) is 0 Å². The van der Waals surface area contributed by atoms with Crippen LogP contribution in [0.3, 0.4) is 0 Å². The molecule has 0 bridgehead atoms. The van der Waals surface area contributed by atoms with E-state index in [9.17, 15) is 23.3 Å². The lowest BCUT2D eigenvalue weighted by molar-refractivity contribution is -0.384. The van der Waals surface area contributed by atoms with Crippen LogP contribution < -0.4 is 24.6 Å². The van der Waals surface area contributed by atoms with Crippen molar-refractivity contribution in [1.82, 2.24) is 19.6 Å². The van der Waals surface area contributed by atoms with Crippen LogP contribution in [0.4, 0.5) is 28.4 Å². The molecular formula is C47H53ClN8O9S. The maximum atomic E-state index is 14.4. The Kier molecular flexibility index (Phi) is 13.2. The number of sulfonamides is 1. The number of H-pyrrole nitrogens is 1. The maximum absolute atomic E-state index is 14.4. The molecule has 0 spiro atoms. The minimum Gasteiger partial charge on any atom is -0.476 e. The van der Waals surface area contributed by atoms with Crippen molar-refractivity contribution in [2.24, 2.45) is 0 Å². The van der Waals surface area contributed by atoms with E-state index < -0.39 is 31.4 Å². The zero-order chi connectivity index (χ0) is 46.0. The monoisotopic (exact) mass is 940 g/mol. The molecule has 3 N–H and O–H groups in total. The summed E-state index contributed by atoms with van der Waals surface area (Å²) in [7, 11) is -2.82. The van der Waals surface area contributed by atoms with Crippen LogP contribution in [0.15, 0.2) is 89.5 Å². The van der Waals surface area contributed by atoms with Crippen molar-refractivity contribution < 1.29 is 37.1 Å². The van der Waals surface area contributed by atoms with Gasteiger partial charge in [0.1, 0.15) is 17.0 Å². The quantitative estimate of drug-likeness (QED) is 0.0796. The van der Waals surface area contributed by atoms with Gasteiger partial charge in [0.25, 0.3) is 21.6 Å². The van der Waals surface area contributed by atoms with E-state index in [-0.39, 0.29) is 29.5 Å². The van der Waals surface area contributed by atoms with E-state index in [0.717, 1.165) is 74.7 Å². The third kappa shape index (κ3) is 9.84. The van der Waals surface area contributed by atoms with Crippen LogP contribution in [-0.4, -0.2) is 125 Å². The second kappa shape index (κ2) is 19.2. The summed E-state index contributed by atoms with van der Waals surface area (Å²) in [6.07, 6.45) is 4.74. The zero-order valence-corrected chi connectivity index (χ0v) is 38.5. The van der Waals surface area contributed by atoms with Gasteiger partial charge < -0.3 is 39.0 Å². The second-order valence-corrected chi connectivity index (χ2v) is 19.4. The number of rotatable bonds is 13. The molecule has 2 atom stereocenters. The van der Waals surface area contributed by atoms with Crippen LogP contribution in [0.2, 0.25) is 5.02 Å². The SMILES string of the molecule is CO[C@]1(C)CCC(CN2CCN(c3ccc(C(=O)NS(=O)(=O)c4ccc(NC[C@H]5COCCO5)c([N+](=O)[O-])c4)c(N4CCCOc5nc6[nH]ccc6cc54)c3)CC2)=C(c2ccc(Cl)cc2)C1. The molecule has 2 saturated heterocycles. The number of anilines is 4. The summed E-state index contributed by atoms with van der Waals surface area (Å²) in [5.74, 6) is -0.519. The average molecular weight is 942 g/mol. The fourth-order valence-corrected chi connectivity index (χ4v) is 10.2. The molecule has 17 nitrogen and oxygen atoms in total. The molecule has 1 amide bonds. The number of fused-ring (bicyclic) bond motifs is 2. The molecule has 5 heterocycles. The van der Waals surface area contributed by atoms with E-state index in [1.807, 2.05) is 41.3 Å². The van der Waals surface area contributed by atoms with Gasteiger partial charge in [0, 0.05) is 87.7 Å². The number of nitro groups is 1. The van der Waals surface area contributed by atoms with Gasteiger partial charge in [-0.05, 0) is 91.9 Å². The number of aromatic nitrogens is 2. The van der Waals surface area contributed by atoms with Crippen LogP contribution in [0.25, 0.3) is 16.6 Å². The number of piperazine rings is 1. The number of nitrogens with one attached hydrogen (secondary N) is 3. The van der Waals surface area contributed by atoms with Crippen molar-refractivity contribution in [3.8, 4) is 5.88 Å². The number of hydrogen-bond donors (Lipinski definition) is 3. The molecule has 66 heavy (non-hydrogen) atoms. The van der Waals surface area contributed by atoms with E-state index in [2.05, 4.69) is 43.9 Å². The molecule has 3 aromatic carbocycles. The van der Waals surface area contributed by atoms with Gasteiger partial charge in [0.15, 0.2) is 0 Å². The highest BCUT2D eigenvalue weighted by Crippen LogP contribution is 2.42. The maximum Gasteiger partial charge on any atom is 0.293 e. The van der Waals surface area contributed by atoms with Crippen LogP contribution in [0, 0.1) is 10.1 Å². The predicted molar refractivity (Wildman–Crippen MR) is 253 cm³/mol. The molecule has 1 aliphatic carbocycles. The van der Waals surface area contributed by atoms with Gasteiger partial charge in [0.2, 0.25) is 5.88 Å². The fourth-order valence-electron chi connectivity index (χ4n) is 9.13. The Bertz CT molecular complexity index is 2750. The first kappa shape index (κ1) is 45.4. The molecule has 3 aliphatic heterocycles. The Hall–Kier alpha value is -5.76. The third-order valence-electron chi connectivity index (χ3n) is 12.9. The molecule has 0 unspecified atom stereocenters. The molecule has 2 fully saturated rings. The Morgan fingerprint density at radius 1 is 1.02 bits per heavy atom. The zero-order valence-electron chi connectivity index (χ0n) is 36.9. The highest BCUT2D eigenvalue weighted by Gasteiger charge is 2.34. The summed E-state index contributed by atoms with van der Waals surface area (Å²) >= 11 is 6.27. The summed E-state index contributed by atoms with van der Waals surface area (Å²) in [6.45, 7) is 8.28. The minimum atomic E-state index is -4.60. The Labute approximate surface area is 388 Å². The Morgan fingerprint density at radius 2 is 1.83 bits per heavy atom. The lowest BCUT2D eigenvalue weighted by atomic mass is 9.78. The molecule has 5 aromatic rings. The highest BCUT2D eigenvalue weighted by atomic mass is 35.5. The lowest BCUT2D eigenvalue weighted by Gasteiger charge is -2.40. The number of amides is 1. The number of nitrogens with zero attached hydrogens (tertiary/aromatic N) is 5. The van der Waals surface area contributed by atoms with Gasteiger partial charge in [-0.25, -0.2) is 13.1 Å². The van der Waals surface area contributed by atoms with Crippen LogP contribution in [-0.2, 0) is 24.2 Å². The van der Waals surface area contributed by atoms with Crippen molar-refractivity contribution >= 4 is 72.6 Å². The number of benzene rings is 3. The van der Waals surface area contributed by atoms with E-state index >= 15 is 0 Å². The molecule has 19 heteroatoms. The summed E-state index contributed by atoms with van der Waals surface area (Å²) in [5.41, 5.74) is 5.97. The van der Waals surface area contributed by atoms with Gasteiger partial charge >= 0.3 is 0 Å². The first-order chi connectivity index (χ1) is 31.9. The predicted octanol–water partition coefficient (Wildman–Crippen LogP) is 7.16. The first-order valence-corrected chi connectivity index (χ1v) is 24.0. The van der Waals surface area contributed by atoms with Gasteiger partial charge in [-0.2, -0.15) is 4.98 Å². The number of ether oxygens (including phenoxy) is 4. The molecule has 0 saturated carbocycles. The number of nitro benzene ring substituents is 1. The van der Waals surface area contributed by atoms with Crippen molar-refractivity contribution in [1.29, 1.82) is 0 Å². The molecule has 0 radical (unpaired) electrons. The number of pyridine rings is 1. The molecule has 2 aromatic heterocycles. The summed E-state index contributed by atoms with van der Waals surface area (Å²) in [4.78, 5) is 40.0. The Morgan fingerprint density at radius 3 is 2.59 bits per heavy atom. The van der Waals surface area contributed by atoms with Crippen molar-refractivity contribution in [3.05, 3.63) is 111 Å². The van der Waals surface area contributed by atoms with Crippen molar-refractivity contribution in [2.45, 2.75) is 49.2 Å². The third-order valence-corrected chi connectivity index (χ3v) is 14.5. The number of halogens is 1. The van der Waals surface area contributed by atoms with Gasteiger partial charge in [-0.1, -0.05) is 29.3 Å². The highest BCUT2D eigenvalue weighted by molar-refractivity contribution is 7.90. The molecule has 348 valence electrons. The van der Waals surface area contributed by atoms with Crippen LogP contribution in [0.5, 0.6) is 5.88 Å². The summed E-state index contributed by atoms with van der Waals surface area (Å²) in [6, 6.07) is 20.8. The van der Waals surface area contributed by atoms with Gasteiger partial charge in [0.05, 0.1) is 59.2 Å². The topological polar surface area (TPSA) is 194 Å². The minimum absolute atomic E-state index is 0.0903. The number of carbonyl (C=O) groups is 1. The standard InChI is InChI=1S/C47H53ClN8O9S/c1-47(62-2)14-12-33(39(27-47)31-4-6-34(48)7-5-31)29-53-17-19-54(20-18-53)35-8-10-38(41(25-35)55-16-3-21-65-46-43(55)24-32-13-15-49-44(32)51-46)45(57)52-66(60,61)37-9-11-40(42(26-37)56(58)59)50-28-36-30-63-22-23-64-36/h4-11,13,15,24-26,36,50H,3,12,14,16-23,27-30H2,1-2H3,(H,49,51)(H,52,57)/t36-,47+/m0/s1. The summed E-state index contributed by atoms with van der Waals surface area (Å²) in [5, 5.41) is 16.7. The van der Waals surface area contributed by atoms with E-state index in [1.54, 1.807) is 19.4 Å². The smallest absolute Gasteiger partial charge is 0.293 e. The van der Waals surface area contributed by atoms with Crippen molar-refractivity contribution in [2.75, 3.05) is 94.5 Å². The average Bonchev–Trinajstić information content (AvgIpc) is 3.69. The Balaban J connectivity index is 0.985. The van der Waals surface area contributed by atoms with E-state index in [4.69, 9.17) is 35.5 Å². The first-order valence-electron chi connectivity index (χ1n) is 22.2. The van der Waals surface area contributed by atoms with Gasteiger partial charge in [-0.3, -0.25) is 19.8 Å². The number of hydrogen-bond acceptors (Lipinski definition) is 14. The van der Waals surface area contributed by atoms with E-state index in [0.29, 0.717) is 67.3 Å².